The van der Waals surface area contributed by atoms with Crippen molar-refractivity contribution in [1.82, 2.24) is 19.2 Å². The fourth-order valence-corrected chi connectivity index (χ4v) is 2.59. The Morgan fingerprint density at radius 2 is 2.04 bits per heavy atom. The summed E-state index contributed by atoms with van der Waals surface area (Å²) in [5.74, 6) is 1.17. The Labute approximate surface area is 139 Å². The Balaban J connectivity index is 1.76. The highest BCUT2D eigenvalue weighted by Crippen LogP contribution is 2.19. The molecule has 0 amide bonds. The van der Waals surface area contributed by atoms with Crippen molar-refractivity contribution in [3.8, 4) is 5.75 Å². The van der Waals surface area contributed by atoms with E-state index in [1.54, 1.807) is 11.5 Å². The van der Waals surface area contributed by atoms with Gasteiger partial charge in [0, 0.05) is 11.8 Å². The number of nitrogens with zero attached hydrogens (tertiary/aromatic N) is 4. The lowest BCUT2D eigenvalue weighted by atomic mass is 10.1. The molecule has 0 fully saturated rings. The van der Waals surface area contributed by atoms with Crippen molar-refractivity contribution in [2.75, 3.05) is 6.61 Å². The zero-order valence-electron chi connectivity index (χ0n) is 13.9. The number of aryl methyl sites for hydroxylation is 3. The summed E-state index contributed by atoms with van der Waals surface area (Å²) >= 11 is 0. The van der Waals surface area contributed by atoms with Crippen LogP contribution in [0, 0.1) is 20.8 Å². The topological polar surface area (TPSA) is 81.7 Å². The Kier molecular flexibility index (Phi) is 4.35. The summed E-state index contributed by atoms with van der Waals surface area (Å²) in [5.41, 5.74) is 2.60. The monoisotopic (exact) mass is 328 g/mol. The van der Waals surface area contributed by atoms with Gasteiger partial charge >= 0.3 is 0 Å². The third-order valence-corrected chi connectivity index (χ3v) is 3.91. The van der Waals surface area contributed by atoms with Gasteiger partial charge in [-0.05, 0) is 38.0 Å². The molecule has 1 N–H and O–H groups in total. The van der Waals surface area contributed by atoms with Crippen molar-refractivity contribution >= 4 is 5.78 Å². The molecule has 0 radical (unpaired) electrons. The normalized spacial score (nSPS) is 12.5. The van der Waals surface area contributed by atoms with Crippen LogP contribution in [0.2, 0.25) is 0 Å². The minimum Gasteiger partial charge on any atom is -0.491 e. The first kappa shape index (κ1) is 16.2. The van der Waals surface area contributed by atoms with Crippen LogP contribution in [0.3, 0.4) is 0 Å². The second kappa shape index (κ2) is 6.45. The third-order valence-electron chi connectivity index (χ3n) is 3.91. The van der Waals surface area contributed by atoms with Gasteiger partial charge in [-0.2, -0.15) is 14.6 Å². The first-order valence-corrected chi connectivity index (χ1v) is 7.74. The predicted octanol–water partition coefficient (Wildman–Crippen LogP) is 1.26. The van der Waals surface area contributed by atoms with Gasteiger partial charge < -0.3 is 14.4 Å². The molecule has 0 saturated carbocycles. The van der Waals surface area contributed by atoms with E-state index in [1.807, 2.05) is 32.0 Å². The van der Waals surface area contributed by atoms with Crippen molar-refractivity contribution < 1.29 is 9.84 Å². The minimum atomic E-state index is -0.744. The van der Waals surface area contributed by atoms with E-state index in [0.717, 1.165) is 16.9 Å². The lowest BCUT2D eigenvalue weighted by Gasteiger charge is -2.17. The zero-order chi connectivity index (χ0) is 17.3. The predicted molar refractivity (Wildman–Crippen MR) is 89.4 cm³/mol. The van der Waals surface area contributed by atoms with Crippen LogP contribution in [0.4, 0.5) is 0 Å². The minimum absolute atomic E-state index is 0.149. The first-order chi connectivity index (χ1) is 11.5. The number of hydrogen-bond acceptors (Lipinski definition) is 5. The molecule has 3 aromatic rings. The number of rotatable bonds is 5. The Morgan fingerprint density at radius 3 is 2.83 bits per heavy atom. The molecule has 2 aromatic heterocycles. The average molecular weight is 328 g/mol. The standard InChI is InChI=1S/C17H20N4O3/c1-11-4-5-12(2)15(6-11)24-9-14(22)8-20-13(3)7-16(23)21-17(20)18-10-19-21/h4-7,10,14,22H,8-9H2,1-3H3. The van der Waals surface area contributed by atoms with E-state index in [9.17, 15) is 9.90 Å². The molecule has 1 aromatic carbocycles. The molecule has 126 valence electrons. The highest BCUT2D eigenvalue weighted by Gasteiger charge is 2.13. The summed E-state index contributed by atoms with van der Waals surface area (Å²) in [5, 5.41) is 14.2. The van der Waals surface area contributed by atoms with Crippen molar-refractivity contribution in [1.29, 1.82) is 0 Å². The molecule has 0 bridgehead atoms. The van der Waals surface area contributed by atoms with Gasteiger partial charge in [-0.25, -0.2) is 0 Å². The quantitative estimate of drug-likeness (QED) is 0.762. The molecule has 0 aliphatic heterocycles. The highest BCUT2D eigenvalue weighted by atomic mass is 16.5. The molecule has 1 atom stereocenters. The van der Waals surface area contributed by atoms with Gasteiger partial charge in [-0.1, -0.05) is 12.1 Å². The molecule has 1 unspecified atom stereocenters. The molecule has 0 spiro atoms. The second-order valence-electron chi connectivity index (χ2n) is 5.94. The van der Waals surface area contributed by atoms with Gasteiger partial charge in [0.15, 0.2) is 0 Å². The van der Waals surface area contributed by atoms with Crippen LogP contribution in [-0.4, -0.2) is 37.0 Å². The van der Waals surface area contributed by atoms with Gasteiger partial charge in [0.05, 0.1) is 6.54 Å². The van der Waals surface area contributed by atoms with Crippen LogP contribution < -0.4 is 10.3 Å². The molecule has 0 aliphatic rings. The molecule has 0 aliphatic carbocycles. The molecule has 7 heteroatoms. The number of fused-ring (bicyclic) bond motifs is 1. The van der Waals surface area contributed by atoms with E-state index < -0.39 is 6.10 Å². The number of aliphatic hydroxyl groups is 1. The van der Waals surface area contributed by atoms with Crippen LogP contribution in [0.5, 0.6) is 5.75 Å². The molecular weight excluding hydrogens is 308 g/mol. The highest BCUT2D eigenvalue weighted by molar-refractivity contribution is 5.36. The van der Waals surface area contributed by atoms with Gasteiger partial charge in [-0.15, -0.1) is 0 Å². The number of ether oxygens (including phenoxy) is 1. The lowest BCUT2D eigenvalue weighted by Crippen LogP contribution is -2.28. The molecule has 3 rings (SSSR count). The summed E-state index contributed by atoms with van der Waals surface area (Å²) in [6, 6.07) is 7.43. The number of benzene rings is 1. The van der Waals surface area contributed by atoms with Crippen LogP contribution in [0.25, 0.3) is 5.78 Å². The van der Waals surface area contributed by atoms with E-state index in [-0.39, 0.29) is 18.7 Å². The number of hydrogen-bond donors (Lipinski definition) is 1. The Morgan fingerprint density at radius 1 is 1.25 bits per heavy atom. The maximum atomic E-state index is 11.8. The molecule has 24 heavy (non-hydrogen) atoms. The molecule has 2 heterocycles. The van der Waals surface area contributed by atoms with Gasteiger partial charge in [-0.3, -0.25) is 4.79 Å². The van der Waals surface area contributed by atoms with Crippen molar-refractivity contribution in [3.05, 3.63) is 57.8 Å². The summed E-state index contributed by atoms with van der Waals surface area (Å²) < 4.78 is 8.71. The summed E-state index contributed by atoms with van der Waals surface area (Å²) in [6.45, 7) is 6.17. The van der Waals surface area contributed by atoms with Gasteiger partial charge in [0.2, 0.25) is 5.78 Å². The SMILES string of the molecule is Cc1ccc(C)c(OCC(O)Cn2c(C)cc(=O)n3ncnc23)c1. The fraction of sp³-hybridized carbons (Fsp3) is 0.353. The van der Waals surface area contributed by atoms with Gasteiger partial charge in [0.25, 0.3) is 5.56 Å². The van der Waals surface area contributed by atoms with Crippen molar-refractivity contribution in [2.24, 2.45) is 0 Å². The van der Waals surface area contributed by atoms with E-state index in [1.165, 1.54) is 16.9 Å². The molecule has 0 saturated heterocycles. The maximum absolute atomic E-state index is 11.8. The van der Waals surface area contributed by atoms with Crippen LogP contribution in [-0.2, 0) is 6.54 Å². The van der Waals surface area contributed by atoms with Gasteiger partial charge in [0.1, 0.15) is 24.8 Å². The number of aliphatic hydroxyl groups excluding tert-OH is 1. The van der Waals surface area contributed by atoms with Crippen LogP contribution in [0.1, 0.15) is 16.8 Å². The lowest BCUT2D eigenvalue weighted by molar-refractivity contribution is 0.0921. The van der Waals surface area contributed by atoms with Crippen molar-refractivity contribution in [2.45, 2.75) is 33.4 Å². The third kappa shape index (κ3) is 3.16. The zero-order valence-corrected chi connectivity index (χ0v) is 13.9. The van der Waals surface area contributed by atoms with E-state index >= 15 is 0 Å². The maximum Gasteiger partial charge on any atom is 0.275 e. The summed E-state index contributed by atoms with van der Waals surface area (Å²) in [6.07, 6.45) is 0.581. The first-order valence-electron chi connectivity index (χ1n) is 7.74. The van der Waals surface area contributed by atoms with Crippen LogP contribution >= 0.6 is 0 Å². The molecule has 7 nitrogen and oxygen atoms in total. The largest absolute Gasteiger partial charge is 0.491 e. The van der Waals surface area contributed by atoms with E-state index in [4.69, 9.17) is 4.74 Å². The summed E-state index contributed by atoms with van der Waals surface area (Å²) in [4.78, 5) is 15.9. The Bertz CT molecular complexity index is 929. The molecular formula is C17H20N4O3. The van der Waals surface area contributed by atoms with Crippen molar-refractivity contribution in [3.63, 3.8) is 0 Å². The Hall–Kier alpha value is -2.67. The summed E-state index contributed by atoms with van der Waals surface area (Å²) in [7, 11) is 0. The van der Waals surface area contributed by atoms with Crippen LogP contribution in [0.15, 0.2) is 35.4 Å². The van der Waals surface area contributed by atoms with E-state index in [0.29, 0.717) is 11.5 Å². The average Bonchev–Trinajstić information content (AvgIpc) is 3.02. The number of aromatic nitrogens is 4. The smallest absolute Gasteiger partial charge is 0.275 e. The second-order valence-corrected chi connectivity index (χ2v) is 5.94. The van der Waals surface area contributed by atoms with E-state index in [2.05, 4.69) is 10.1 Å². The fourth-order valence-electron chi connectivity index (χ4n) is 2.59.